The zero-order chi connectivity index (χ0) is 12.5. The molecule has 0 saturated heterocycles. The molecule has 0 atom stereocenters. The van der Waals surface area contributed by atoms with Crippen LogP contribution in [0.3, 0.4) is 0 Å². The van der Waals surface area contributed by atoms with Gasteiger partial charge in [0.25, 0.3) is 0 Å². The molecule has 0 bridgehead atoms. The van der Waals surface area contributed by atoms with Crippen molar-refractivity contribution in [1.82, 2.24) is 5.43 Å². The SMILES string of the molecule is COc1cc(/C=N/NCCCO)ccc1N=O. The molecule has 6 heteroatoms. The van der Waals surface area contributed by atoms with Gasteiger partial charge in [-0.05, 0) is 29.3 Å². The number of hydrogen-bond acceptors (Lipinski definition) is 6. The second-order valence-corrected chi connectivity index (χ2v) is 3.27. The Balaban J connectivity index is 2.62. The highest BCUT2D eigenvalue weighted by Crippen LogP contribution is 2.27. The average molecular weight is 237 g/mol. The Kier molecular flexibility index (Phi) is 5.67. The van der Waals surface area contributed by atoms with Crippen molar-refractivity contribution in [1.29, 1.82) is 0 Å². The van der Waals surface area contributed by atoms with Crippen molar-refractivity contribution in [2.75, 3.05) is 20.3 Å². The minimum atomic E-state index is 0.135. The van der Waals surface area contributed by atoms with Crippen LogP contribution >= 0.6 is 0 Å². The average Bonchev–Trinajstić information content (AvgIpc) is 2.38. The van der Waals surface area contributed by atoms with Gasteiger partial charge in [-0.25, -0.2) is 0 Å². The van der Waals surface area contributed by atoms with E-state index in [-0.39, 0.29) is 12.3 Å². The summed E-state index contributed by atoms with van der Waals surface area (Å²) in [6.45, 7) is 0.744. The number of aliphatic hydroxyl groups is 1. The molecule has 6 nitrogen and oxygen atoms in total. The van der Waals surface area contributed by atoms with E-state index in [1.54, 1.807) is 24.4 Å². The first kappa shape index (κ1) is 13.1. The quantitative estimate of drug-likeness (QED) is 0.325. The molecule has 0 aliphatic heterocycles. The van der Waals surface area contributed by atoms with Gasteiger partial charge in [0.05, 0.1) is 13.3 Å². The normalized spacial score (nSPS) is 10.5. The molecule has 0 amide bonds. The first-order chi connectivity index (χ1) is 8.31. The molecule has 1 aromatic carbocycles. The maximum atomic E-state index is 10.4. The van der Waals surface area contributed by atoms with Gasteiger partial charge in [0.1, 0.15) is 11.4 Å². The molecule has 0 unspecified atom stereocenters. The zero-order valence-corrected chi connectivity index (χ0v) is 9.59. The molecule has 0 saturated carbocycles. The number of ether oxygens (including phenoxy) is 1. The van der Waals surface area contributed by atoms with Crippen LogP contribution < -0.4 is 10.2 Å². The lowest BCUT2D eigenvalue weighted by molar-refractivity contribution is 0.286. The summed E-state index contributed by atoms with van der Waals surface area (Å²) in [5, 5.41) is 15.4. The predicted octanol–water partition coefficient (Wildman–Crippen LogP) is 1.40. The summed E-state index contributed by atoms with van der Waals surface area (Å²) in [6, 6.07) is 4.96. The third-order valence-electron chi connectivity index (χ3n) is 2.05. The summed E-state index contributed by atoms with van der Waals surface area (Å²) >= 11 is 0. The topological polar surface area (TPSA) is 83.3 Å². The monoisotopic (exact) mass is 237 g/mol. The molecular weight excluding hydrogens is 222 g/mol. The Hall–Kier alpha value is -1.95. The lowest BCUT2D eigenvalue weighted by atomic mass is 10.2. The first-order valence-corrected chi connectivity index (χ1v) is 5.20. The lowest BCUT2D eigenvalue weighted by Crippen LogP contribution is -2.09. The third kappa shape index (κ3) is 4.20. The number of hydrogen-bond donors (Lipinski definition) is 2. The minimum Gasteiger partial charge on any atom is -0.494 e. The minimum absolute atomic E-state index is 0.135. The highest BCUT2D eigenvalue weighted by atomic mass is 16.5. The molecule has 0 aromatic heterocycles. The Morgan fingerprint density at radius 2 is 2.35 bits per heavy atom. The third-order valence-corrected chi connectivity index (χ3v) is 2.05. The molecule has 0 radical (unpaired) electrons. The van der Waals surface area contributed by atoms with E-state index < -0.39 is 0 Å². The van der Waals surface area contributed by atoms with Gasteiger partial charge >= 0.3 is 0 Å². The van der Waals surface area contributed by atoms with Crippen molar-refractivity contribution in [3.8, 4) is 5.75 Å². The van der Waals surface area contributed by atoms with E-state index in [0.29, 0.717) is 18.7 Å². The standard InChI is InChI=1S/C11H15N3O3/c1-17-11-7-9(3-4-10(11)14-16)8-13-12-5-2-6-15/h3-4,7-8,12,15H,2,5-6H2,1H3/b13-8+. The fourth-order valence-electron chi connectivity index (χ4n) is 1.19. The van der Waals surface area contributed by atoms with Gasteiger partial charge in [0.2, 0.25) is 0 Å². The highest BCUT2D eigenvalue weighted by molar-refractivity contribution is 5.81. The van der Waals surface area contributed by atoms with E-state index in [4.69, 9.17) is 9.84 Å². The van der Waals surface area contributed by atoms with Gasteiger partial charge in [-0.15, -0.1) is 4.91 Å². The molecule has 92 valence electrons. The van der Waals surface area contributed by atoms with E-state index in [9.17, 15) is 4.91 Å². The van der Waals surface area contributed by atoms with Gasteiger partial charge in [0, 0.05) is 13.2 Å². The first-order valence-electron chi connectivity index (χ1n) is 5.20. The van der Waals surface area contributed by atoms with Gasteiger partial charge in [-0.3, -0.25) is 0 Å². The van der Waals surface area contributed by atoms with Crippen molar-refractivity contribution in [2.24, 2.45) is 10.3 Å². The van der Waals surface area contributed by atoms with Crippen LogP contribution in [-0.2, 0) is 0 Å². The molecule has 0 aliphatic rings. The number of nitroso groups, excluding NO2 is 1. The van der Waals surface area contributed by atoms with Gasteiger partial charge in [0.15, 0.2) is 0 Å². The van der Waals surface area contributed by atoms with E-state index in [1.165, 1.54) is 7.11 Å². The molecule has 0 heterocycles. The predicted molar refractivity (Wildman–Crippen MR) is 65.7 cm³/mol. The lowest BCUT2D eigenvalue weighted by Gasteiger charge is -2.03. The van der Waals surface area contributed by atoms with Crippen LogP contribution in [0.2, 0.25) is 0 Å². The van der Waals surface area contributed by atoms with E-state index >= 15 is 0 Å². The maximum Gasteiger partial charge on any atom is 0.149 e. The number of benzene rings is 1. The summed E-state index contributed by atoms with van der Waals surface area (Å²) in [4.78, 5) is 10.4. The Bertz CT molecular complexity index is 394. The van der Waals surface area contributed by atoms with Gasteiger partial charge in [-0.1, -0.05) is 6.07 Å². The van der Waals surface area contributed by atoms with Crippen LogP contribution in [0.25, 0.3) is 0 Å². The van der Waals surface area contributed by atoms with E-state index in [2.05, 4.69) is 15.7 Å². The molecule has 2 N–H and O–H groups in total. The van der Waals surface area contributed by atoms with Crippen molar-refractivity contribution in [3.63, 3.8) is 0 Å². The van der Waals surface area contributed by atoms with Crippen LogP contribution in [0.1, 0.15) is 12.0 Å². The number of hydrazone groups is 1. The van der Waals surface area contributed by atoms with Crippen LogP contribution in [0.4, 0.5) is 5.69 Å². The molecule has 0 spiro atoms. The van der Waals surface area contributed by atoms with E-state index in [0.717, 1.165) is 5.56 Å². The van der Waals surface area contributed by atoms with Crippen LogP contribution in [0.15, 0.2) is 28.5 Å². The molecule has 17 heavy (non-hydrogen) atoms. The molecule has 1 rings (SSSR count). The number of methoxy groups -OCH3 is 1. The zero-order valence-electron chi connectivity index (χ0n) is 9.59. The largest absolute Gasteiger partial charge is 0.494 e. The second-order valence-electron chi connectivity index (χ2n) is 3.27. The summed E-state index contributed by atoms with van der Waals surface area (Å²) in [6.07, 6.45) is 2.25. The van der Waals surface area contributed by atoms with Crippen LogP contribution in [0, 0.1) is 4.91 Å². The molecule has 0 fully saturated rings. The fraction of sp³-hybridized carbons (Fsp3) is 0.364. The van der Waals surface area contributed by atoms with Crippen LogP contribution in [0.5, 0.6) is 5.75 Å². The van der Waals surface area contributed by atoms with E-state index in [1.807, 2.05) is 0 Å². The number of nitrogens with one attached hydrogen (secondary N) is 1. The molecule has 1 aromatic rings. The number of rotatable bonds is 7. The molecule has 0 aliphatic carbocycles. The maximum absolute atomic E-state index is 10.4. The fourth-order valence-corrected chi connectivity index (χ4v) is 1.19. The van der Waals surface area contributed by atoms with Gasteiger partial charge in [-0.2, -0.15) is 5.10 Å². The van der Waals surface area contributed by atoms with Crippen LogP contribution in [-0.4, -0.2) is 31.6 Å². The second kappa shape index (κ2) is 7.34. The summed E-state index contributed by atoms with van der Waals surface area (Å²) < 4.78 is 5.01. The number of aliphatic hydroxyl groups excluding tert-OH is 1. The Morgan fingerprint density at radius 3 is 3.00 bits per heavy atom. The smallest absolute Gasteiger partial charge is 0.149 e. The van der Waals surface area contributed by atoms with Crippen molar-refractivity contribution in [3.05, 3.63) is 28.7 Å². The molecular formula is C11H15N3O3. The highest BCUT2D eigenvalue weighted by Gasteiger charge is 2.02. The van der Waals surface area contributed by atoms with Crippen molar-refractivity contribution >= 4 is 11.9 Å². The summed E-state index contributed by atoms with van der Waals surface area (Å²) in [5.41, 5.74) is 3.84. The van der Waals surface area contributed by atoms with Crippen molar-refractivity contribution < 1.29 is 9.84 Å². The summed E-state index contributed by atoms with van der Waals surface area (Å²) in [5.74, 6) is 0.416. The Morgan fingerprint density at radius 1 is 1.53 bits per heavy atom. The van der Waals surface area contributed by atoms with Gasteiger partial charge < -0.3 is 15.3 Å². The number of nitrogens with zero attached hydrogens (tertiary/aromatic N) is 2. The van der Waals surface area contributed by atoms with Crippen molar-refractivity contribution in [2.45, 2.75) is 6.42 Å². The summed E-state index contributed by atoms with van der Waals surface area (Å²) in [7, 11) is 1.48. The Labute approximate surface area is 99.3 Å².